The maximum atomic E-state index is 12.9. The summed E-state index contributed by atoms with van der Waals surface area (Å²) in [7, 11) is 1.53. The Morgan fingerprint density at radius 2 is 1.88 bits per heavy atom. The molecular formula is C19H17ClN2O2. The molecule has 24 heavy (non-hydrogen) atoms. The van der Waals surface area contributed by atoms with E-state index in [4.69, 9.17) is 16.3 Å². The van der Waals surface area contributed by atoms with Gasteiger partial charge < -0.3 is 10.1 Å². The fraction of sp³-hybridized carbons (Fsp3) is 0.158. The number of pyridine rings is 1. The lowest BCUT2D eigenvalue weighted by Crippen LogP contribution is -2.39. The van der Waals surface area contributed by atoms with Crippen LogP contribution < -0.4 is 5.32 Å². The minimum Gasteiger partial charge on any atom is -0.364 e. The van der Waals surface area contributed by atoms with Crippen LogP contribution in [0.1, 0.15) is 12.5 Å². The molecule has 3 rings (SSSR count). The van der Waals surface area contributed by atoms with Crippen LogP contribution >= 0.6 is 11.6 Å². The Bertz CT molecular complexity index is 875. The van der Waals surface area contributed by atoms with E-state index in [2.05, 4.69) is 10.3 Å². The summed E-state index contributed by atoms with van der Waals surface area (Å²) in [6.45, 7) is 1.76. The number of rotatable bonds is 4. The molecule has 0 bridgehead atoms. The highest BCUT2D eigenvalue weighted by Gasteiger charge is 2.36. The number of fused-ring (bicyclic) bond motifs is 1. The average molecular weight is 341 g/mol. The largest absolute Gasteiger partial charge is 0.364 e. The van der Waals surface area contributed by atoms with Crippen LogP contribution in [0.25, 0.3) is 10.8 Å². The summed E-state index contributed by atoms with van der Waals surface area (Å²) in [5.41, 5.74) is 0.232. The van der Waals surface area contributed by atoms with Crippen molar-refractivity contribution in [3.63, 3.8) is 0 Å². The Kier molecular flexibility index (Phi) is 4.51. The zero-order valence-corrected chi connectivity index (χ0v) is 14.2. The van der Waals surface area contributed by atoms with Crippen molar-refractivity contribution >= 4 is 34.0 Å². The van der Waals surface area contributed by atoms with Crippen molar-refractivity contribution in [1.29, 1.82) is 0 Å². The van der Waals surface area contributed by atoms with Gasteiger partial charge in [0, 0.05) is 12.7 Å². The molecule has 5 heteroatoms. The van der Waals surface area contributed by atoms with Crippen molar-refractivity contribution in [2.24, 2.45) is 0 Å². The Balaban J connectivity index is 2.01. The number of hydrogen-bond acceptors (Lipinski definition) is 3. The fourth-order valence-electron chi connectivity index (χ4n) is 2.67. The van der Waals surface area contributed by atoms with Gasteiger partial charge in [-0.1, -0.05) is 54.1 Å². The third kappa shape index (κ3) is 2.98. The second-order valence-electron chi connectivity index (χ2n) is 5.59. The molecule has 1 unspecified atom stereocenters. The zero-order valence-electron chi connectivity index (χ0n) is 13.4. The predicted molar refractivity (Wildman–Crippen MR) is 96.2 cm³/mol. The summed E-state index contributed by atoms with van der Waals surface area (Å²) in [6, 6.07) is 17.1. The van der Waals surface area contributed by atoms with Gasteiger partial charge in [-0.05, 0) is 29.8 Å². The van der Waals surface area contributed by atoms with Gasteiger partial charge in [0.15, 0.2) is 5.60 Å². The van der Waals surface area contributed by atoms with E-state index in [1.807, 2.05) is 42.5 Å². The minimum absolute atomic E-state index is 0.273. The first kappa shape index (κ1) is 16.4. The van der Waals surface area contributed by atoms with Crippen LogP contribution in [-0.4, -0.2) is 18.0 Å². The summed E-state index contributed by atoms with van der Waals surface area (Å²) in [4.78, 5) is 16.9. The third-order valence-electron chi connectivity index (χ3n) is 4.13. The van der Waals surface area contributed by atoms with E-state index < -0.39 is 5.60 Å². The number of carbonyl (C=O) groups excluding carboxylic acids is 1. The summed E-state index contributed by atoms with van der Waals surface area (Å²) in [5.74, 6) is -0.273. The van der Waals surface area contributed by atoms with E-state index in [9.17, 15) is 4.79 Å². The van der Waals surface area contributed by atoms with Crippen molar-refractivity contribution in [3.05, 3.63) is 71.5 Å². The topological polar surface area (TPSA) is 51.2 Å². The Morgan fingerprint density at radius 1 is 1.12 bits per heavy atom. The van der Waals surface area contributed by atoms with Gasteiger partial charge in [-0.15, -0.1) is 0 Å². The second-order valence-corrected chi connectivity index (χ2v) is 5.98. The molecule has 0 saturated heterocycles. The first-order valence-electron chi connectivity index (χ1n) is 7.51. The maximum Gasteiger partial charge on any atom is 0.261 e. The molecule has 122 valence electrons. The van der Waals surface area contributed by atoms with Crippen molar-refractivity contribution in [1.82, 2.24) is 4.98 Å². The molecule has 0 aliphatic heterocycles. The number of hydrogen-bond donors (Lipinski definition) is 1. The lowest BCUT2D eigenvalue weighted by atomic mass is 9.89. The third-order valence-corrected chi connectivity index (χ3v) is 4.35. The molecule has 0 aliphatic rings. The number of amides is 1. The van der Waals surface area contributed by atoms with Crippen LogP contribution in [0.15, 0.2) is 60.8 Å². The van der Waals surface area contributed by atoms with Gasteiger partial charge in [-0.25, -0.2) is 4.98 Å². The normalized spacial score (nSPS) is 13.5. The van der Waals surface area contributed by atoms with Gasteiger partial charge in [0.1, 0.15) is 5.15 Å². The number of halogens is 1. The number of ether oxygens (including phenoxy) is 1. The van der Waals surface area contributed by atoms with Crippen molar-refractivity contribution in [2.75, 3.05) is 12.4 Å². The standard InChI is InChI=1S/C19H17ClN2O2/c1-19(24-2,18(23)22-14-10-11-17(20)21-12-14)16-9-5-7-13-6-3-4-8-15(13)16/h3-12H,1-2H3,(H,22,23). The molecule has 4 nitrogen and oxygen atoms in total. The van der Waals surface area contributed by atoms with Crippen LogP contribution in [-0.2, 0) is 15.1 Å². The highest BCUT2D eigenvalue weighted by atomic mass is 35.5. The first-order valence-corrected chi connectivity index (χ1v) is 7.89. The van der Waals surface area contributed by atoms with Crippen LogP contribution in [0.5, 0.6) is 0 Å². The molecule has 0 fully saturated rings. The summed E-state index contributed by atoms with van der Waals surface area (Å²) in [6.07, 6.45) is 1.51. The summed E-state index contributed by atoms with van der Waals surface area (Å²) in [5, 5.41) is 5.25. The maximum absolute atomic E-state index is 12.9. The lowest BCUT2D eigenvalue weighted by Gasteiger charge is -2.28. The molecule has 0 spiro atoms. The molecule has 0 saturated carbocycles. The number of methoxy groups -OCH3 is 1. The fourth-order valence-corrected chi connectivity index (χ4v) is 2.78. The quantitative estimate of drug-likeness (QED) is 0.717. The zero-order chi connectivity index (χ0) is 17.2. The predicted octanol–water partition coefficient (Wildman–Crippen LogP) is 4.39. The average Bonchev–Trinajstić information content (AvgIpc) is 2.62. The smallest absolute Gasteiger partial charge is 0.261 e. The van der Waals surface area contributed by atoms with Crippen LogP contribution in [0, 0.1) is 0 Å². The van der Waals surface area contributed by atoms with Gasteiger partial charge in [-0.3, -0.25) is 4.79 Å². The number of nitrogens with one attached hydrogen (secondary N) is 1. The Hall–Kier alpha value is -2.43. The van der Waals surface area contributed by atoms with Gasteiger partial charge in [0.25, 0.3) is 5.91 Å². The van der Waals surface area contributed by atoms with Gasteiger partial charge in [-0.2, -0.15) is 0 Å². The molecule has 3 aromatic rings. The van der Waals surface area contributed by atoms with Gasteiger partial charge in [0.05, 0.1) is 11.9 Å². The number of carbonyl (C=O) groups is 1. The Labute approximate surface area is 145 Å². The van der Waals surface area contributed by atoms with E-state index in [1.165, 1.54) is 13.3 Å². The molecule has 1 amide bonds. The molecule has 0 radical (unpaired) electrons. The van der Waals surface area contributed by atoms with Crippen molar-refractivity contribution in [2.45, 2.75) is 12.5 Å². The highest BCUT2D eigenvalue weighted by Crippen LogP contribution is 2.32. The van der Waals surface area contributed by atoms with Gasteiger partial charge in [0.2, 0.25) is 0 Å². The van der Waals surface area contributed by atoms with E-state index in [0.29, 0.717) is 10.8 Å². The van der Waals surface area contributed by atoms with E-state index in [-0.39, 0.29) is 5.91 Å². The lowest BCUT2D eigenvalue weighted by molar-refractivity contribution is -0.136. The number of aromatic nitrogens is 1. The molecule has 1 aromatic heterocycles. The molecule has 1 heterocycles. The van der Waals surface area contributed by atoms with Gasteiger partial charge >= 0.3 is 0 Å². The number of nitrogens with zero attached hydrogens (tertiary/aromatic N) is 1. The molecule has 1 N–H and O–H groups in total. The molecule has 0 aliphatic carbocycles. The van der Waals surface area contributed by atoms with Crippen LogP contribution in [0.4, 0.5) is 5.69 Å². The van der Waals surface area contributed by atoms with Crippen LogP contribution in [0.2, 0.25) is 5.15 Å². The van der Waals surface area contributed by atoms with Crippen molar-refractivity contribution < 1.29 is 9.53 Å². The SMILES string of the molecule is COC(C)(C(=O)Nc1ccc(Cl)nc1)c1cccc2ccccc12. The van der Waals surface area contributed by atoms with E-state index in [0.717, 1.165) is 16.3 Å². The van der Waals surface area contributed by atoms with E-state index >= 15 is 0 Å². The summed E-state index contributed by atoms with van der Waals surface area (Å²) >= 11 is 5.78. The second kappa shape index (κ2) is 6.59. The first-order chi connectivity index (χ1) is 11.5. The minimum atomic E-state index is -1.14. The number of anilines is 1. The van der Waals surface area contributed by atoms with E-state index in [1.54, 1.807) is 19.1 Å². The molecular weight excluding hydrogens is 324 g/mol. The Morgan fingerprint density at radius 3 is 2.58 bits per heavy atom. The number of benzene rings is 2. The molecule has 1 atom stereocenters. The van der Waals surface area contributed by atoms with Crippen LogP contribution in [0.3, 0.4) is 0 Å². The molecule has 2 aromatic carbocycles. The highest BCUT2D eigenvalue weighted by molar-refractivity contribution is 6.29. The summed E-state index contributed by atoms with van der Waals surface area (Å²) < 4.78 is 5.63. The monoisotopic (exact) mass is 340 g/mol. The van der Waals surface area contributed by atoms with Crippen molar-refractivity contribution in [3.8, 4) is 0 Å².